The fourth-order valence-electron chi connectivity index (χ4n) is 1.56. The van der Waals surface area contributed by atoms with E-state index in [2.05, 4.69) is 4.42 Å². The fraction of sp³-hybridized carbons (Fsp3) is 0.167. The molecule has 0 aliphatic carbocycles. The lowest BCUT2D eigenvalue weighted by Crippen LogP contribution is -2.10. The molecule has 0 spiro atoms. The third kappa shape index (κ3) is 1.99. The minimum Gasteiger partial charge on any atom is -0.475 e. The van der Waals surface area contributed by atoms with Crippen molar-refractivity contribution >= 4 is 22.4 Å². The van der Waals surface area contributed by atoms with Crippen LogP contribution >= 0.6 is 0 Å². The molecule has 17 heavy (non-hydrogen) atoms. The van der Waals surface area contributed by atoms with Gasteiger partial charge in [0.25, 0.3) is 0 Å². The maximum Gasteiger partial charge on any atom is 0.371 e. The van der Waals surface area contributed by atoms with Gasteiger partial charge in [-0.2, -0.15) is 0 Å². The zero-order valence-corrected chi connectivity index (χ0v) is 9.43. The fourth-order valence-corrected chi connectivity index (χ4v) is 1.56. The highest BCUT2D eigenvalue weighted by Gasteiger charge is 2.10. The molecule has 0 saturated heterocycles. The summed E-state index contributed by atoms with van der Waals surface area (Å²) in [6.45, 7) is 0. The first-order valence-electron chi connectivity index (χ1n) is 4.97. The molecule has 2 aromatic rings. The van der Waals surface area contributed by atoms with Gasteiger partial charge in [-0.05, 0) is 29.7 Å². The molecule has 0 radical (unpaired) electrons. The molecule has 88 valence electrons. The molecule has 0 aliphatic rings. The van der Waals surface area contributed by atoms with Crippen molar-refractivity contribution in [3.05, 3.63) is 40.4 Å². The Bertz CT molecular complexity index is 642. The first-order chi connectivity index (χ1) is 7.99. The number of carbonyl (C=O) groups is 1. The summed E-state index contributed by atoms with van der Waals surface area (Å²) in [4.78, 5) is 24.2. The summed E-state index contributed by atoms with van der Waals surface area (Å²) in [5.74, 6) is -1.60. The van der Waals surface area contributed by atoms with Crippen LogP contribution in [0.2, 0.25) is 0 Å². The number of fused-ring (bicyclic) bond motifs is 1. The smallest absolute Gasteiger partial charge is 0.371 e. The normalized spacial score (nSPS) is 10.5. The van der Waals surface area contributed by atoms with E-state index >= 15 is 0 Å². The van der Waals surface area contributed by atoms with Gasteiger partial charge < -0.3 is 14.4 Å². The predicted octanol–water partition coefficient (Wildman–Crippen LogP) is 1.56. The largest absolute Gasteiger partial charge is 0.475 e. The SMILES string of the molecule is CN(C)c1ccc2c(=O)oc(C(=O)O)cc2c1. The molecule has 0 bridgehead atoms. The molecule has 1 aromatic carbocycles. The average Bonchev–Trinajstić information content (AvgIpc) is 2.27. The number of rotatable bonds is 2. The van der Waals surface area contributed by atoms with Crippen LogP contribution in [0, 0.1) is 0 Å². The second-order valence-electron chi connectivity index (χ2n) is 3.87. The summed E-state index contributed by atoms with van der Waals surface area (Å²) in [6, 6.07) is 6.51. The van der Waals surface area contributed by atoms with Crippen LogP contribution in [0.3, 0.4) is 0 Å². The van der Waals surface area contributed by atoms with Crippen molar-refractivity contribution in [3.8, 4) is 0 Å². The van der Waals surface area contributed by atoms with Gasteiger partial charge in [-0.1, -0.05) is 0 Å². The summed E-state index contributed by atoms with van der Waals surface area (Å²) in [5, 5.41) is 9.74. The van der Waals surface area contributed by atoms with Gasteiger partial charge in [0.2, 0.25) is 5.76 Å². The Hall–Kier alpha value is -2.30. The summed E-state index contributed by atoms with van der Waals surface area (Å²) < 4.78 is 4.68. The number of anilines is 1. The second-order valence-corrected chi connectivity index (χ2v) is 3.87. The molecule has 0 fully saturated rings. The van der Waals surface area contributed by atoms with Gasteiger partial charge in [0.1, 0.15) is 0 Å². The minimum atomic E-state index is -1.25. The van der Waals surface area contributed by atoms with E-state index in [1.54, 1.807) is 18.2 Å². The molecule has 0 aliphatic heterocycles. The quantitative estimate of drug-likeness (QED) is 0.852. The lowest BCUT2D eigenvalue weighted by Gasteiger charge is -2.12. The molecule has 0 atom stereocenters. The molecular weight excluding hydrogens is 222 g/mol. The number of carboxylic acids is 1. The van der Waals surface area contributed by atoms with Gasteiger partial charge in [-0.3, -0.25) is 0 Å². The standard InChI is InChI=1S/C12H11NO4/c1-13(2)8-3-4-9-7(5-8)6-10(11(14)15)17-12(9)16/h3-6H,1-2H3,(H,14,15). The first-order valence-corrected chi connectivity index (χ1v) is 4.97. The van der Waals surface area contributed by atoms with E-state index in [9.17, 15) is 9.59 Å². The summed E-state index contributed by atoms with van der Waals surface area (Å²) in [6.07, 6.45) is 0. The molecule has 0 amide bonds. The lowest BCUT2D eigenvalue weighted by atomic mass is 10.1. The number of benzene rings is 1. The Kier molecular flexibility index (Phi) is 2.59. The monoisotopic (exact) mass is 233 g/mol. The number of carboxylic acid groups (broad SMARTS) is 1. The van der Waals surface area contributed by atoms with Crippen LogP contribution < -0.4 is 10.5 Å². The van der Waals surface area contributed by atoms with E-state index in [0.717, 1.165) is 5.69 Å². The van der Waals surface area contributed by atoms with Crippen LogP contribution in [0.25, 0.3) is 10.8 Å². The van der Waals surface area contributed by atoms with Crippen LogP contribution in [0.5, 0.6) is 0 Å². The van der Waals surface area contributed by atoms with Crippen LogP contribution in [0.4, 0.5) is 5.69 Å². The van der Waals surface area contributed by atoms with Crippen LogP contribution in [0.1, 0.15) is 10.6 Å². The van der Waals surface area contributed by atoms with Crippen molar-refractivity contribution in [2.45, 2.75) is 0 Å². The Morgan fingerprint density at radius 2 is 2.00 bits per heavy atom. The van der Waals surface area contributed by atoms with Crippen molar-refractivity contribution in [1.29, 1.82) is 0 Å². The highest BCUT2D eigenvalue weighted by Crippen LogP contribution is 2.19. The number of hydrogen-bond acceptors (Lipinski definition) is 4. The van der Waals surface area contributed by atoms with Crippen molar-refractivity contribution in [1.82, 2.24) is 0 Å². The summed E-state index contributed by atoms with van der Waals surface area (Å²) in [5.41, 5.74) is 0.254. The Labute approximate surface area is 96.9 Å². The van der Waals surface area contributed by atoms with E-state index in [0.29, 0.717) is 10.8 Å². The third-order valence-electron chi connectivity index (χ3n) is 2.47. The average molecular weight is 233 g/mol. The number of aromatic carboxylic acids is 1. The maximum absolute atomic E-state index is 11.5. The third-order valence-corrected chi connectivity index (χ3v) is 2.47. The van der Waals surface area contributed by atoms with E-state index < -0.39 is 11.6 Å². The molecule has 0 unspecified atom stereocenters. The predicted molar refractivity (Wildman–Crippen MR) is 63.8 cm³/mol. The van der Waals surface area contributed by atoms with Gasteiger partial charge in [0.15, 0.2) is 0 Å². The van der Waals surface area contributed by atoms with Gasteiger partial charge in [-0.25, -0.2) is 9.59 Å². The van der Waals surface area contributed by atoms with E-state index in [4.69, 9.17) is 5.11 Å². The Morgan fingerprint density at radius 3 is 2.59 bits per heavy atom. The number of nitrogens with zero attached hydrogens (tertiary/aromatic N) is 1. The van der Waals surface area contributed by atoms with Gasteiger partial charge in [0.05, 0.1) is 5.39 Å². The summed E-state index contributed by atoms with van der Waals surface area (Å²) in [7, 11) is 3.73. The molecule has 1 heterocycles. The summed E-state index contributed by atoms with van der Waals surface area (Å²) >= 11 is 0. The van der Waals surface area contributed by atoms with E-state index in [-0.39, 0.29) is 5.76 Å². The molecule has 1 aromatic heterocycles. The van der Waals surface area contributed by atoms with Gasteiger partial charge in [-0.15, -0.1) is 0 Å². The van der Waals surface area contributed by atoms with Crippen LogP contribution in [0.15, 0.2) is 33.5 Å². The molecule has 5 nitrogen and oxygen atoms in total. The highest BCUT2D eigenvalue weighted by molar-refractivity contribution is 5.91. The molecule has 0 saturated carbocycles. The first kappa shape index (κ1) is 11.2. The molecular formula is C12H11NO4. The highest BCUT2D eigenvalue weighted by atomic mass is 16.4. The zero-order chi connectivity index (χ0) is 12.6. The van der Waals surface area contributed by atoms with Gasteiger partial charge in [0, 0.05) is 19.8 Å². The van der Waals surface area contributed by atoms with Crippen molar-refractivity contribution in [2.75, 3.05) is 19.0 Å². The molecule has 1 N–H and O–H groups in total. The van der Waals surface area contributed by atoms with Crippen LogP contribution in [-0.2, 0) is 0 Å². The maximum atomic E-state index is 11.5. The topological polar surface area (TPSA) is 70.8 Å². The number of hydrogen-bond donors (Lipinski definition) is 1. The van der Waals surface area contributed by atoms with Crippen molar-refractivity contribution in [3.63, 3.8) is 0 Å². The Balaban J connectivity index is 2.75. The van der Waals surface area contributed by atoms with Gasteiger partial charge >= 0.3 is 11.6 Å². The Morgan fingerprint density at radius 1 is 1.29 bits per heavy atom. The van der Waals surface area contributed by atoms with Crippen LogP contribution in [-0.4, -0.2) is 25.2 Å². The van der Waals surface area contributed by atoms with E-state index in [1.165, 1.54) is 6.07 Å². The van der Waals surface area contributed by atoms with E-state index in [1.807, 2.05) is 19.0 Å². The van der Waals surface area contributed by atoms with Crippen molar-refractivity contribution in [2.24, 2.45) is 0 Å². The lowest BCUT2D eigenvalue weighted by molar-refractivity contribution is 0.0658. The molecule has 5 heteroatoms. The zero-order valence-electron chi connectivity index (χ0n) is 9.43. The molecule has 2 rings (SSSR count). The van der Waals surface area contributed by atoms with Crippen molar-refractivity contribution < 1.29 is 14.3 Å². The second kappa shape index (κ2) is 3.93. The minimum absolute atomic E-state index is 0.349.